The van der Waals surface area contributed by atoms with Crippen LogP contribution < -0.4 is 0 Å². The SMILES string of the molecule is COCCN(CCOC)C(=O)c1cccc(C(C)=O)c1. The zero-order valence-electron chi connectivity index (χ0n) is 12.2. The molecule has 0 atom stereocenters. The molecule has 1 rings (SSSR count). The minimum Gasteiger partial charge on any atom is -0.383 e. The maximum Gasteiger partial charge on any atom is 0.254 e. The zero-order chi connectivity index (χ0) is 15.0. The number of ether oxygens (including phenoxy) is 2. The summed E-state index contributed by atoms with van der Waals surface area (Å²) in [5.74, 6) is -0.179. The van der Waals surface area contributed by atoms with Gasteiger partial charge in [0.25, 0.3) is 5.91 Å². The molecule has 0 fully saturated rings. The largest absolute Gasteiger partial charge is 0.383 e. The van der Waals surface area contributed by atoms with Gasteiger partial charge in [-0.15, -0.1) is 0 Å². The molecular weight excluding hydrogens is 258 g/mol. The van der Waals surface area contributed by atoms with Gasteiger partial charge in [-0.05, 0) is 19.1 Å². The third-order valence-corrected chi connectivity index (χ3v) is 2.93. The number of hydrogen-bond acceptors (Lipinski definition) is 4. The number of carbonyl (C=O) groups excluding carboxylic acids is 2. The van der Waals surface area contributed by atoms with Crippen molar-refractivity contribution < 1.29 is 19.1 Å². The highest BCUT2D eigenvalue weighted by Gasteiger charge is 2.16. The van der Waals surface area contributed by atoms with E-state index in [1.54, 1.807) is 43.4 Å². The Morgan fingerprint density at radius 3 is 2.10 bits per heavy atom. The van der Waals surface area contributed by atoms with E-state index in [4.69, 9.17) is 9.47 Å². The number of amides is 1. The molecule has 0 bridgehead atoms. The molecular formula is C15H21NO4. The highest BCUT2D eigenvalue weighted by atomic mass is 16.5. The molecule has 0 heterocycles. The Morgan fingerprint density at radius 1 is 1.05 bits per heavy atom. The van der Waals surface area contributed by atoms with E-state index in [1.807, 2.05) is 0 Å². The molecule has 1 aromatic rings. The fourth-order valence-corrected chi connectivity index (χ4v) is 1.77. The predicted molar refractivity (Wildman–Crippen MR) is 76.1 cm³/mol. The normalized spacial score (nSPS) is 10.3. The van der Waals surface area contributed by atoms with Gasteiger partial charge >= 0.3 is 0 Å². The van der Waals surface area contributed by atoms with Crippen LogP contribution in [0.2, 0.25) is 0 Å². The van der Waals surface area contributed by atoms with Crippen molar-refractivity contribution in [2.45, 2.75) is 6.92 Å². The van der Waals surface area contributed by atoms with Crippen molar-refractivity contribution in [1.29, 1.82) is 0 Å². The molecule has 1 aromatic carbocycles. The molecule has 1 amide bonds. The Hall–Kier alpha value is -1.72. The monoisotopic (exact) mass is 279 g/mol. The predicted octanol–water partition coefficient (Wildman–Crippen LogP) is 1.62. The summed E-state index contributed by atoms with van der Waals surface area (Å²) in [5, 5.41) is 0. The van der Waals surface area contributed by atoms with E-state index in [0.29, 0.717) is 37.4 Å². The molecule has 20 heavy (non-hydrogen) atoms. The van der Waals surface area contributed by atoms with Gasteiger partial charge < -0.3 is 14.4 Å². The summed E-state index contributed by atoms with van der Waals surface area (Å²) in [6.45, 7) is 3.38. The van der Waals surface area contributed by atoms with Crippen molar-refractivity contribution in [3.05, 3.63) is 35.4 Å². The van der Waals surface area contributed by atoms with Gasteiger partial charge in [0.15, 0.2) is 5.78 Å². The molecule has 0 N–H and O–H groups in total. The third-order valence-electron chi connectivity index (χ3n) is 2.93. The van der Waals surface area contributed by atoms with E-state index in [0.717, 1.165) is 0 Å². The van der Waals surface area contributed by atoms with E-state index in [-0.39, 0.29) is 11.7 Å². The summed E-state index contributed by atoms with van der Waals surface area (Å²) in [6.07, 6.45) is 0. The molecule has 0 spiro atoms. The average Bonchev–Trinajstić information content (AvgIpc) is 2.47. The first-order valence-electron chi connectivity index (χ1n) is 6.48. The molecule has 0 aliphatic carbocycles. The van der Waals surface area contributed by atoms with Gasteiger partial charge in [-0.3, -0.25) is 9.59 Å². The highest BCUT2D eigenvalue weighted by Crippen LogP contribution is 2.09. The minimum absolute atomic E-state index is 0.0556. The van der Waals surface area contributed by atoms with E-state index in [9.17, 15) is 9.59 Å². The van der Waals surface area contributed by atoms with Crippen molar-refractivity contribution in [2.75, 3.05) is 40.5 Å². The lowest BCUT2D eigenvalue weighted by Crippen LogP contribution is -2.36. The van der Waals surface area contributed by atoms with Gasteiger partial charge in [-0.1, -0.05) is 12.1 Å². The summed E-state index contributed by atoms with van der Waals surface area (Å²) < 4.78 is 10.0. The van der Waals surface area contributed by atoms with Crippen LogP contribution in [0, 0.1) is 0 Å². The smallest absolute Gasteiger partial charge is 0.254 e. The second-order valence-corrected chi connectivity index (χ2v) is 4.41. The summed E-state index contributed by atoms with van der Waals surface area (Å²) in [7, 11) is 3.19. The van der Waals surface area contributed by atoms with E-state index < -0.39 is 0 Å². The molecule has 0 aliphatic rings. The van der Waals surface area contributed by atoms with Gasteiger partial charge in [0.05, 0.1) is 13.2 Å². The van der Waals surface area contributed by atoms with E-state index in [1.165, 1.54) is 6.92 Å². The first-order valence-corrected chi connectivity index (χ1v) is 6.48. The molecule has 110 valence electrons. The maximum atomic E-state index is 12.4. The van der Waals surface area contributed by atoms with Crippen molar-refractivity contribution in [3.8, 4) is 0 Å². The van der Waals surface area contributed by atoms with Crippen molar-refractivity contribution >= 4 is 11.7 Å². The minimum atomic E-state index is -0.123. The van der Waals surface area contributed by atoms with E-state index in [2.05, 4.69) is 0 Å². The Bertz CT molecular complexity index is 451. The lowest BCUT2D eigenvalue weighted by Gasteiger charge is -2.22. The molecule has 5 heteroatoms. The quantitative estimate of drug-likeness (QED) is 0.679. The Kier molecular flexibility index (Phi) is 6.90. The Morgan fingerprint density at radius 2 is 1.60 bits per heavy atom. The summed E-state index contributed by atoms with van der Waals surface area (Å²) in [5.41, 5.74) is 1.04. The maximum absolute atomic E-state index is 12.4. The topological polar surface area (TPSA) is 55.8 Å². The molecule has 5 nitrogen and oxygen atoms in total. The standard InChI is InChI=1S/C15H21NO4/c1-12(17)13-5-4-6-14(11-13)15(18)16(7-9-19-2)8-10-20-3/h4-6,11H,7-10H2,1-3H3. The zero-order valence-corrected chi connectivity index (χ0v) is 12.2. The van der Waals surface area contributed by atoms with Crippen LogP contribution in [-0.4, -0.2) is 57.1 Å². The number of rotatable bonds is 8. The molecule has 0 saturated carbocycles. The van der Waals surface area contributed by atoms with Gasteiger partial charge in [0, 0.05) is 38.4 Å². The lowest BCUT2D eigenvalue weighted by atomic mass is 10.1. The summed E-state index contributed by atoms with van der Waals surface area (Å²) in [4.78, 5) is 25.5. The van der Waals surface area contributed by atoms with Crippen LogP contribution in [0.1, 0.15) is 27.6 Å². The van der Waals surface area contributed by atoms with Crippen molar-refractivity contribution in [1.82, 2.24) is 4.90 Å². The van der Waals surface area contributed by atoms with Crippen LogP contribution in [0.25, 0.3) is 0 Å². The van der Waals surface area contributed by atoms with Crippen LogP contribution >= 0.6 is 0 Å². The average molecular weight is 279 g/mol. The summed E-state index contributed by atoms with van der Waals surface area (Å²) >= 11 is 0. The molecule has 0 radical (unpaired) electrons. The first-order chi connectivity index (χ1) is 9.60. The second kappa shape index (κ2) is 8.45. The number of Topliss-reactive ketones (excluding diaryl/α,β-unsaturated/α-hetero) is 1. The number of nitrogens with zero attached hydrogens (tertiary/aromatic N) is 1. The number of carbonyl (C=O) groups is 2. The fraction of sp³-hybridized carbons (Fsp3) is 0.467. The molecule has 0 saturated heterocycles. The van der Waals surface area contributed by atoms with E-state index >= 15 is 0 Å². The van der Waals surface area contributed by atoms with Crippen LogP contribution in [0.4, 0.5) is 0 Å². The highest BCUT2D eigenvalue weighted by molar-refractivity contribution is 5.99. The first kappa shape index (κ1) is 16.3. The number of methoxy groups -OCH3 is 2. The van der Waals surface area contributed by atoms with Gasteiger partial charge in [0.2, 0.25) is 0 Å². The lowest BCUT2D eigenvalue weighted by molar-refractivity contribution is 0.0627. The molecule has 0 unspecified atom stereocenters. The van der Waals surface area contributed by atoms with Crippen LogP contribution in [0.3, 0.4) is 0 Å². The van der Waals surface area contributed by atoms with Crippen molar-refractivity contribution in [3.63, 3.8) is 0 Å². The number of ketones is 1. The fourth-order valence-electron chi connectivity index (χ4n) is 1.77. The van der Waals surface area contributed by atoms with Gasteiger partial charge in [-0.2, -0.15) is 0 Å². The Balaban J connectivity index is 2.86. The summed E-state index contributed by atoms with van der Waals surface area (Å²) in [6, 6.07) is 6.75. The number of benzene rings is 1. The van der Waals surface area contributed by atoms with Gasteiger partial charge in [0.1, 0.15) is 0 Å². The number of hydrogen-bond donors (Lipinski definition) is 0. The second-order valence-electron chi connectivity index (χ2n) is 4.41. The van der Waals surface area contributed by atoms with Crippen LogP contribution in [0.5, 0.6) is 0 Å². The molecule has 0 aliphatic heterocycles. The third kappa shape index (κ3) is 4.75. The van der Waals surface area contributed by atoms with Crippen molar-refractivity contribution in [2.24, 2.45) is 0 Å². The van der Waals surface area contributed by atoms with Crippen LogP contribution in [-0.2, 0) is 9.47 Å². The van der Waals surface area contributed by atoms with Gasteiger partial charge in [-0.25, -0.2) is 0 Å². The van der Waals surface area contributed by atoms with Crippen LogP contribution in [0.15, 0.2) is 24.3 Å². The Labute approximate surface area is 119 Å². The molecule has 0 aromatic heterocycles.